The zero-order valence-corrected chi connectivity index (χ0v) is 17.5. The third-order valence-corrected chi connectivity index (χ3v) is 6.36. The molecule has 2 saturated heterocycles. The molecule has 0 saturated carbocycles. The van der Waals surface area contributed by atoms with Crippen molar-refractivity contribution in [1.29, 1.82) is 0 Å². The molecular weight excluding hydrogens is 332 g/mol. The van der Waals surface area contributed by atoms with Crippen molar-refractivity contribution in [3.05, 3.63) is 17.5 Å². The van der Waals surface area contributed by atoms with Gasteiger partial charge in [0, 0.05) is 11.8 Å². The van der Waals surface area contributed by atoms with Crippen LogP contribution in [0.2, 0.25) is 5.72 Å². The number of aromatic nitrogens is 1. The fourth-order valence-corrected chi connectivity index (χ4v) is 3.20. The molecule has 3 heterocycles. The Morgan fingerprint density at radius 2 is 1.19 bits per heavy atom. The largest absolute Gasteiger partial charge is 0.459 e. The molecule has 3 rings (SSSR count). The summed E-state index contributed by atoms with van der Waals surface area (Å²) in [4.78, 5) is 0. The van der Waals surface area contributed by atoms with Crippen LogP contribution in [0.1, 0.15) is 66.8 Å². The fraction of sp³-hybridized carbons (Fsp3) is 0.833. The SMILES string of the molecule is Cc1cc(CC(B2OC(C)(C)C(C)(C)O2)B2OC(C)(C)C(C)(C)O2)no1. The van der Waals surface area contributed by atoms with E-state index < -0.39 is 36.6 Å². The maximum atomic E-state index is 6.31. The van der Waals surface area contributed by atoms with Crippen LogP contribution >= 0.6 is 0 Å². The highest BCUT2D eigenvalue weighted by molar-refractivity contribution is 6.68. The van der Waals surface area contributed by atoms with Gasteiger partial charge in [-0.1, -0.05) is 5.16 Å². The molecular formula is C18H31B2NO5. The molecule has 0 aliphatic carbocycles. The molecule has 1 aromatic heterocycles. The molecule has 2 aliphatic rings. The summed E-state index contributed by atoms with van der Waals surface area (Å²) < 4.78 is 30.5. The minimum atomic E-state index is -0.452. The summed E-state index contributed by atoms with van der Waals surface area (Å²) in [7, 11) is -0.904. The number of hydrogen-bond donors (Lipinski definition) is 0. The molecule has 2 aliphatic heterocycles. The number of aryl methyl sites for hydroxylation is 1. The van der Waals surface area contributed by atoms with E-state index in [-0.39, 0.29) is 5.72 Å². The van der Waals surface area contributed by atoms with E-state index in [1.165, 1.54) is 0 Å². The topological polar surface area (TPSA) is 63.0 Å². The number of nitrogens with zero attached hydrogens (tertiary/aromatic N) is 1. The first-order valence-electron chi connectivity index (χ1n) is 9.38. The van der Waals surface area contributed by atoms with Gasteiger partial charge in [0.1, 0.15) is 5.76 Å². The molecule has 144 valence electrons. The molecule has 0 N–H and O–H groups in total. The highest BCUT2D eigenvalue weighted by Gasteiger charge is 2.61. The average molecular weight is 363 g/mol. The second kappa shape index (κ2) is 6.09. The summed E-state index contributed by atoms with van der Waals surface area (Å²) in [6.45, 7) is 18.3. The lowest BCUT2D eigenvalue weighted by Gasteiger charge is -2.32. The summed E-state index contributed by atoms with van der Waals surface area (Å²) in [5.74, 6) is 0.779. The summed E-state index contributed by atoms with van der Waals surface area (Å²) in [6, 6.07) is 1.93. The summed E-state index contributed by atoms with van der Waals surface area (Å²) in [6.07, 6.45) is 0.588. The van der Waals surface area contributed by atoms with Crippen molar-refractivity contribution in [3.63, 3.8) is 0 Å². The van der Waals surface area contributed by atoms with Crippen LogP contribution in [0.3, 0.4) is 0 Å². The van der Waals surface area contributed by atoms with E-state index >= 15 is 0 Å². The van der Waals surface area contributed by atoms with Crippen molar-refractivity contribution in [2.75, 3.05) is 0 Å². The molecule has 0 bridgehead atoms. The molecule has 1 aromatic rings. The van der Waals surface area contributed by atoms with Gasteiger partial charge in [-0.25, -0.2) is 0 Å². The van der Waals surface area contributed by atoms with Crippen molar-refractivity contribution in [2.45, 2.75) is 96.9 Å². The zero-order valence-electron chi connectivity index (χ0n) is 17.5. The second-order valence-electron chi connectivity index (χ2n) is 9.55. The molecule has 8 heteroatoms. The van der Waals surface area contributed by atoms with Crippen molar-refractivity contribution < 1.29 is 23.1 Å². The number of rotatable bonds is 4. The normalized spacial score (nSPS) is 26.1. The van der Waals surface area contributed by atoms with Gasteiger partial charge in [-0.3, -0.25) is 0 Å². The Morgan fingerprint density at radius 1 is 0.808 bits per heavy atom. The van der Waals surface area contributed by atoms with E-state index in [4.69, 9.17) is 23.1 Å². The summed E-state index contributed by atoms with van der Waals surface area (Å²) in [5.41, 5.74) is -0.990. The molecule has 0 atom stereocenters. The van der Waals surface area contributed by atoms with Crippen LogP contribution in [0.4, 0.5) is 0 Å². The first-order valence-corrected chi connectivity index (χ1v) is 9.38. The lowest BCUT2D eigenvalue weighted by Crippen LogP contribution is -2.41. The van der Waals surface area contributed by atoms with Gasteiger partial charge in [0.2, 0.25) is 0 Å². The highest BCUT2D eigenvalue weighted by Crippen LogP contribution is 2.46. The smallest absolute Gasteiger partial charge is 0.403 e. The Kier molecular flexibility index (Phi) is 4.67. The molecule has 26 heavy (non-hydrogen) atoms. The van der Waals surface area contributed by atoms with Gasteiger partial charge in [-0.15, -0.1) is 0 Å². The van der Waals surface area contributed by atoms with Crippen LogP contribution < -0.4 is 0 Å². The van der Waals surface area contributed by atoms with E-state index in [2.05, 4.69) is 60.5 Å². The van der Waals surface area contributed by atoms with E-state index in [9.17, 15) is 0 Å². The van der Waals surface area contributed by atoms with Crippen LogP contribution in [0.25, 0.3) is 0 Å². The minimum Gasteiger partial charge on any atom is -0.403 e. The van der Waals surface area contributed by atoms with E-state index in [1.807, 2.05) is 13.0 Å². The molecule has 0 spiro atoms. The van der Waals surface area contributed by atoms with Gasteiger partial charge >= 0.3 is 14.2 Å². The second-order valence-corrected chi connectivity index (χ2v) is 9.55. The third kappa shape index (κ3) is 3.37. The van der Waals surface area contributed by atoms with Crippen molar-refractivity contribution in [3.8, 4) is 0 Å². The van der Waals surface area contributed by atoms with Gasteiger partial charge in [0.15, 0.2) is 0 Å². The maximum absolute atomic E-state index is 6.31. The first kappa shape index (κ1) is 19.9. The van der Waals surface area contributed by atoms with Crippen molar-refractivity contribution in [2.24, 2.45) is 0 Å². The minimum absolute atomic E-state index is 0.165. The Balaban J connectivity index is 1.88. The van der Waals surface area contributed by atoms with Gasteiger partial charge in [0.05, 0.1) is 28.1 Å². The van der Waals surface area contributed by atoms with Crippen LogP contribution in [0.5, 0.6) is 0 Å². The number of hydrogen-bond acceptors (Lipinski definition) is 6. The van der Waals surface area contributed by atoms with Crippen LogP contribution in [0, 0.1) is 6.92 Å². The average Bonchev–Trinajstić information content (AvgIpc) is 3.02. The van der Waals surface area contributed by atoms with Crippen LogP contribution in [-0.4, -0.2) is 41.8 Å². The van der Waals surface area contributed by atoms with Crippen LogP contribution in [-0.2, 0) is 25.0 Å². The molecule has 0 aromatic carbocycles. The highest BCUT2D eigenvalue weighted by atomic mass is 16.7. The molecule has 6 nitrogen and oxygen atoms in total. The molecule has 0 radical (unpaired) electrons. The molecule has 0 amide bonds. The fourth-order valence-electron chi connectivity index (χ4n) is 3.20. The zero-order chi connectivity index (χ0) is 19.5. The van der Waals surface area contributed by atoms with E-state index in [1.54, 1.807) is 0 Å². The van der Waals surface area contributed by atoms with Crippen molar-refractivity contribution in [1.82, 2.24) is 5.16 Å². The molecule has 2 fully saturated rings. The third-order valence-electron chi connectivity index (χ3n) is 6.36. The Hall–Kier alpha value is -0.820. The lowest BCUT2D eigenvalue weighted by molar-refractivity contribution is 0.00578. The maximum Gasteiger partial charge on any atom is 0.459 e. The Labute approximate surface area is 157 Å². The lowest BCUT2D eigenvalue weighted by atomic mass is 9.50. The Bertz CT molecular complexity index is 602. The van der Waals surface area contributed by atoms with Gasteiger partial charge in [-0.05, 0) is 68.7 Å². The van der Waals surface area contributed by atoms with Crippen molar-refractivity contribution >= 4 is 14.2 Å². The predicted octanol–water partition coefficient (Wildman–Crippen LogP) is 3.62. The first-order chi connectivity index (χ1) is 11.7. The van der Waals surface area contributed by atoms with E-state index in [0.717, 1.165) is 11.5 Å². The van der Waals surface area contributed by atoms with Gasteiger partial charge < -0.3 is 23.1 Å². The quantitative estimate of drug-likeness (QED) is 0.762. The van der Waals surface area contributed by atoms with E-state index in [0.29, 0.717) is 6.42 Å². The summed E-state index contributed by atoms with van der Waals surface area (Å²) >= 11 is 0. The monoisotopic (exact) mass is 363 g/mol. The summed E-state index contributed by atoms with van der Waals surface area (Å²) in [5, 5.41) is 4.15. The van der Waals surface area contributed by atoms with Gasteiger partial charge in [0.25, 0.3) is 0 Å². The Morgan fingerprint density at radius 3 is 1.50 bits per heavy atom. The molecule has 0 unspecified atom stereocenters. The predicted molar refractivity (Wildman–Crippen MR) is 101 cm³/mol. The standard InChI is InChI=1S/C18H31B2NO5/c1-12-10-13(21-22-12)11-14(19-23-15(2,3)16(4,5)24-19)20-25-17(6,7)18(8,9)26-20/h10,14H,11H2,1-9H3. The van der Waals surface area contributed by atoms with Gasteiger partial charge in [-0.2, -0.15) is 0 Å². The van der Waals surface area contributed by atoms with Crippen LogP contribution in [0.15, 0.2) is 10.6 Å².